The SMILES string of the molecule is COC([O])c1ccc(F)c([N+](=O)[O-])c1. The third-order valence-electron chi connectivity index (χ3n) is 1.65. The van der Waals surface area contributed by atoms with Crippen LogP contribution in [0.4, 0.5) is 10.1 Å². The summed E-state index contributed by atoms with van der Waals surface area (Å²) >= 11 is 0. The van der Waals surface area contributed by atoms with Crippen LogP contribution in [0.15, 0.2) is 18.2 Å². The second kappa shape index (κ2) is 4.12. The Morgan fingerprint density at radius 1 is 1.57 bits per heavy atom. The van der Waals surface area contributed by atoms with E-state index in [2.05, 4.69) is 4.74 Å². The van der Waals surface area contributed by atoms with Gasteiger partial charge in [0.1, 0.15) is 0 Å². The number of nitro benzene ring substituents is 1. The Morgan fingerprint density at radius 3 is 2.71 bits per heavy atom. The molecule has 0 aliphatic carbocycles. The molecular weight excluding hydrogens is 193 g/mol. The first-order valence-electron chi connectivity index (χ1n) is 3.68. The summed E-state index contributed by atoms with van der Waals surface area (Å²) in [5.41, 5.74) is -0.694. The molecule has 0 aromatic heterocycles. The fourth-order valence-electron chi connectivity index (χ4n) is 0.952. The number of methoxy groups -OCH3 is 1. The van der Waals surface area contributed by atoms with E-state index in [4.69, 9.17) is 0 Å². The highest BCUT2D eigenvalue weighted by molar-refractivity contribution is 5.36. The van der Waals surface area contributed by atoms with Crippen molar-refractivity contribution in [1.29, 1.82) is 0 Å². The van der Waals surface area contributed by atoms with Gasteiger partial charge in [-0.2, -0.15) is 9.50 Å². The van der Waals surface area contributed by atoms with Crippen molar-refractivity contribution in [2.45, 2.75) is 6.29 Å². The zero-order chi connectivity index (χ0) is 10.7. The van der Waals surface area contributed by atoms with Crippen molar-refractivity contribution in [1.82, 2.24) is 0 Å². The van der Waals surface area contributed by atoms with Gasteiger partial charge in [0.05, 0.1) is 4.92 Å². The second-order valence-corrected chi connectivity index (χ2v) is 2.54. The maximum absolute atomic E-state index is 12.8. The van der Waals surface area contributed by atoms with E-state index in [1.165, 1.54) is 7.11 Å². The molecule has 6 heteroatoms. The fourth-order valence-corrected chi connectivity index (χ4v) is 0.952. The average molecular weight is 200 g/mol. The van der Waals surface area contributed by atoms with Crippen molar-refractivity contribution in [3.63, 3.8) is 0 Å². The van der Waals surface area contributed by atoms with Gasteiger partial charge >= 0.3 is 5.69 Å². The van der Waals surface area contributed by atoms with E-state index in [-0.39, 0.29) is 5.56 Å². The molecule has 1 atom stereocenters. The monoisotopic (exact) mass is 200 g/mol. The second-order valence-electron chi connectivity index (χ2n) is 2.54. The van der Waals surface area contributed by atoms with Crippen LogP contribution in [0.1, 0.15) is 11.9 Å². The molecule has 1 aromatic rings. The van der Waals surface area contributed by atoms with Gasteiger partial charge in [0, 0.05) is 18.7 Å². The summed E-state index contributed by atoms with van der Waals surface area (Å²) in [6, 6.07) is 2.90. The first-order valence-corrected chi connectivity index (χ1v) is 3.68. The van der Waals surface area contributed by atoms with Crippen molar-refractivity contribution in [3.05, 3.63) is 39.7 Å². The molecule has 1 rings (SSSR count). The van der Waals surface area contributed by atoms with Gasteiger partial charge in [-0.3, -0.25) is 10.1 Å². The molecule has 0 aliphatic rings. The van der Waals surface area contributed by atoms with E-state index in [1.54, 1.807) is 0 Å². The normalized spacial score (nSPS) is 12.5. The maximum atomic E-state index is 12.8. The van der Waals surface area contributed by atoms with Crippen LogP contribution >= 0.6 is 0 Å². The fraction of sp³-hybridized carbons (Fsp3) is 0.250. The minimum absolute atomic E-state index is 0.0283. The third-order valence-corrected chi connectivity index (χ3v) is 1.65. The Bertz CT molecular complexity index is 355. The van der Waals surface area contributed by atoms with Crippen LogP contribution in [-0.2, 0) is 9.84 Å². The summed E-state index contributed by atoms with van der Waals surface area (Å²) in [4.78, 5) is 9.42. The molecule has 0 heterocycles. The lowest BCUT2D eigenvalue weighted by atomic mass is 10.2. The number of ether oxygens (including phenoxy) is 1. The van der Waals surface area contributed by atoms with Crippen molar-refractivity contribution >= 4 is 5.69 Å². The van der Waals surface area contributed by atoms with Crippen molar-refractivity contribution in [3.8, 4) is 0 Å². The van der Waals surface area contributed by atoms with Crippen LogP contribution in [-0.4, -0.2) is 12.0 Å². The van der Waals surface area contributed by atoms with Gasteiger partial charge in [-0.05, 0) is 6.07 Å². The van der Waals surface area contributed by atoms with E-state index >= 15 is 0 Å². The summed E-state index contributed by atoms with van der Waals surface area (Å²) < 4.78 is 17.2. The van der Waals surface area contributed by atoms with Gasteiger partial charge < -0.3 is 4.74 Å². The highest BCUT2D eigenvalue weighted by Crippen LogP contribution is 2.23. The zero-order valence-electron chi connectivity index (χ0n) is 7.27. The molecule has 1 unspecified atom stereocenters. The Balaban J connectivity index is 3.12. The number of hydrogen-bond donors (Lipinski definition) is 0. The molecule has 1 radical (unpaired) electrons. The number of nitro groups is 1. The predicted octanol–water partition coefficient (Wildman–Crippen LogP) is 1.81. The van der Waals surface area contributed by atoms with E-state index in [9.17, 15) is 19.6 Å². The lowest BCUT2D eigenvalue weighted by Crippen LogP contribution is -2.00. The largest absolute Gasteiger partial charge is 0.349 e. The van der Waals surface area contributed by atoms with Crippen LogP contribution < -0.4 is 0 Å². The number of rotatable bonds is 3. The standard InChI is InChI=1S/C8H7FNO4/c1-14-8(11)5-2-3-6(9)7(4-5)10(12)13/h2-4,8H,1H3. The number of nitrogens with zero attached hydrogens (tertiary/aromatic N) is 1. The topological polar surface area (TPSA) is 72.3 Å². The van der Waals surface area contributed by atoms with E-state index < -0.39 is 22.7 Å². The van der Waals surface area contributed by atoms with Crippen molar-refractivity contribution in [2.75, 3.05) is 7.11 Å². The van der Waals surface area contributed by atoms with Gasteiger partial charge in [-0.1, -0.05) is 6.07 Å². The van der Waals surface area contributed by atoms with Crippen LogP contribution in [0.3, 0.4) is 0 Å². The van der Waals surface area contributed by atoms with Gasteiger partial charge in [0.25, 0.3) is 0 Å². The lowest BCUT2D eigenvalue weighted by Gasteiger charge is -2.05. The third kappa shape index (κ3) is 2.04. The first kappa shape index (κ1) is 10.6. The lowest BCUT2D eigenvalue weighted by molar-refractivity contribution is -0.387. The van der Waals surface area contributed by atoms with E-state index in [0.29, 0.717) is 0 Å². The number of hydrogen-bond acceptors (Lipinski definition) is 3. The molecular formula is C8H7FNO4. The average Bonchev–Trinajstić information content (AvgIpc) is 2.17. The Kier molecular flexibility index (Phi) is 3.10. The molecule has 0 bridgehead atoms. The Labute approximate surface area is 78.9 Å². The van der Waals surface area contributed by atoms with E-state index in [0.717, 1.165) is 18.2 Å². The molecule has 5 nitrogen and oxygen atoms in total. The highest BCUT2D eigenvalue weighted by atomic mass is 19.1. The molecule has 0 fully saturated rings. The number of benzene rings is 1. The van der Waals surface area contributed by atoms with Gasteiger partial charge in [-0.15, -0.1) is 0 Å². The first-order chi connectivity index (χ1) is 6.56. The molecule has 0 spiro atoms. The summed E-state index contributed by atoms with van der Waals surface area (Å²) in [6.07, 6.45) is -1.53. The van der Waals surface area contributed by atoms with Crippen molar-refractivity contribution < 1.29 is 19.2 Å². The van der Waals surface area contributed by atoms with Gasteiger partial charge in [-0.25, -0.2) is 0 Å². The van der Waals surface area contributed by atoms with Crippen LogP contribution in [0, 0.1) is 15.9 Å². The molecule has 0 saturated heterocycles. The highest BCUT2D eigenvalue weighted by Gasteiger charge is 2.17. The summed E-state index contributed by atoms with van der Waals surface area (Å²) in [6.45, 7) is 0. The minimum Gasteiger partial charge on any atom is -0.349 e. The molecule has 0 N–H and O–H groups in total. The predicted molar refractivity (Wildman–Crippen MR) is 43.5 cm³/mol. The molecule has 0 aliphatic heterocycles. The summed E-state index contributed by atoms with van der Waals surface area (Å²) in [5.74, 6) is -0.970. The van der Waals surface area contributed by atoms with Crippen LogP contribution in [0.2, 0.25) is 0 Å². The Morgan fingerprint density at radius 2 is 2.21 bits per heavy atom. The number of halogens is 1. The molecule has 1 aromatic carbocycles. The molecule has 0 amide bonds. The van der Waals surface area contributed by atoms with Crippen molar-refractivity contribution in [2.24, 2.45) is 0 Å². The molecule has 75 valence electrons. The minimum atomic E-state index is -1.53. The quantitative estimate of drug-likeness (QED) is 0.424. The summed E-state index contributed by atoms with van der Waals surface area (Å²) in [5, 5.41) is 21.3. The maximum Gasteiger partial charge on any atom is 0.305 e. The summed E-state index contributed by atoms with van der Waals surface area (Å²) in [7, 11) is 1.17. The van der Waals surface area contributed by atoms with Crippen LogP contribution in [0.25, 0.3) is 0 Å². The molecule has 0 saturated carbocycles. The van der Waals surface area contributed by atoms with Crippen LogP contribution in [0.5, 0.6) is 0 Å². The van der Waals surface area contributed by atoms with E-state index in [1.807, 2.05) is 0 Å². The van der Waals surface area contributed by atoms with Gasteiger partial charge in [0.15, 0.2) is 0 Å². The molecule has 14 heavy (non-hydrogen) atoms. The smallest absolute Gasteiger partial charge is 0.305 e. The van der Waals surface area contributed by atoms with Gasteiger partial charge in [0.2, 0.25) is 12.1 Å². The Hall–Kier alpha value is -1.53. The zero-order valence-corrected chi connectivity index (χ0v) is 7.27.